The van der Waals surface area contributed by atoms with Crippen LogP contribution in [-0.4, -0.2) is 35.9 Å². The van der Waals surface area contributed by atoms with E-state index in [1.807, 2.05) is 18.2 Å². The van der Waals surface area contributed by atoms with Crippen molar-refractivity contribution >= 4 is 18.2 Å². The number of nitrogens with one attached hydrogen (secondary N) is 1. The van der Waals surface area contributed by atoms with Crippen LogP contribution in [0.2, 0.25) is 0 Å². The van der Waals surface area contributed by atoms with Crippen LogP contribution in [0.25, 0.3) is 11.5 Å². The van der Waals surface area contributed by atoms with Gasteiger partial charge in [0.25, 0.3) is 0 Å². The predicted octanol–water partition coefficient (Wildman–Crippen LogP) is 3.43. The van der Waals surface area contributed by atoms with E-state index >= 15 is 0 Å². The molecule has 3 aliphatic heterocycles. The molecule has 1 aromatic rings. The number of aliphatic hydroxyl groups is 1. The Kier molecular flexibility index (Phi) is 5.83. The summed E-state index contributed by atoms with van der Waals surface area (Å²) in [6.45, 7) is 4.20. The quantitative estimate of drug-likeness (QED) is 0.631. The Bertz CT molecular complexity index is 1080. The molecule has 4 aliphatic rings. The van der Waals surface area contributed by atoms with Crippen molar-refractivity contribution in [2.45, 2.75) is 76.6 Å². The van der Waals surface area contributed by atoms with E-state index < -0.39 is 5.60 Å². The van der Waals surface area contributed by atoms with Gasteiger partial charge in [-0.15, -0.1) is 12.4 Å². The molecule has 0 spiro atoms. The van der Waals surface area contributed by atoms with Gasteiger partial charge in [-0.25, -0.2) is 14.8 Å². The second-order valence-corrected chi connectivity index (χ2v) is 9.41. The van der Waals surface area contributed by atoms with Crippen molar-refractivity contribution in [3.63, 3.8) is 0 Å². The molecule has 1 fully saturated rings. The van der Waals surface area contributed by atoms with E-state index in [-0.39, 0.29) is 30.7 Å². The van der Waals surface area contributed by atoms with Crippen molar-refractivity contribution in [2.24, 2.45) is 0 Å². The fraction of sp³-hybridized carbons (Fsp3) is 0.522. The maximum absolute atomic E-state index is 13.4. The minimum Gasteiger partial charge on any atom is -0.389 e. The summed E-state index contributed by atoms with van der Waals surface area (Å²) in [6.07, 6.45) is 5.45. The lowest BCUT2D eigenvalue weighted by Crippen LogP contribution is -2.38. The second kappa shape index (κ2) is 8.28. The number of halogens is 1. The standard InChI is InChI=1S/C23H29N5O2.ClH/c1-23(2,30)14-28-21-18(25-19(26-21)16-10-6-7-11-16)20-24-17(13-27(20)22(28)29)12-15-8-4-3-5-9-15;/h3-5,8-9,16-17,24,30H,6-7,10-14H2,1-2H3;1H/t17-;/m1./s1. The molecule has 0 saturated heterocycles. The van der Waals surface area contributed by atoms with E-state index in [9.17, 15) is 9.90 Å². The first-order valence-corrected chi connectivity index (χ1v) is 10.9. The van der Waals surface area contributed by atoms with E-state index in [0.29, 0.717) is 18.3 Å². The van der Waals surface area contributed by atoms with Gasteiger partial charge in [0.2, 0.25) is 0 Å². The van der Waals surface area contributed by atoms with Gasteiger partial charge in [-0.2, -0.15) is 0 Å². The Morgan fingerprint density at radius 3 is 2.55 bits per heavy atom. The molecule has 1 atom stereocenters. The van der Waals surface area contributed by atoms with Crippen molar-refractivity contribution in [3.8, 4) is 11.5 Å². The number of fused-ring (bicyclic) bond motifs is 3. The van der Waals surface area contributed by atoms with Crippen LogP contribution in [-0.2, 0) is 19.5 Å². The van der Waals surface area contributed by atoms with Crippen LogP contribution in [0.3, 0.4) is 0 Å². The zero-order chi connectivity index (χ0) is 20.9. The summed E-state index contributed by atoms with van der Waals surface area (Å²) in [7, 11) is 0. The van der Waals surface area contributed by atoms with Crippen LogP contribution in [0.1, 0.15) is 56.8 Å². The highest BCUT2D eigenvalue weighted by Crippen LogP contribution is 2.37. The highest BCUT2D eigenvalue weighted by molar-refractivity contribution is 5.85. The maximum atomic E-state index is 13.4. The molecule has 7 nitrogen and oxygen atoms in total. The summed E-state index contributed by atoms with van der Waals surface area (Å²) in [6, 6.07) is 10.4. The number of rotatable bonds is 5. The first-order chi connectivity index (χ1) is 14.4. The van der Waals surface area contributed by atoms with Gasteiger partial charge in [-0.05, 0) is 38.7 Å². The number of anilines is 1. The number of hydrogen-bond donors (Lipinski definition) is 2. The van der Waals surface area contributed by atoms with Crippen molar-refractivity contribution in [1.29, 1.82) is 0 Å². The Morgan fingerprint density at radius 1 is 1.16 bits per heavy atom. The summed E-state index contributed by atoms with van der Waals surface area (Å²) in [5.74, 6) is 2.56. The number of hydrogen-bond acceptors (Lipinski definition) is 5. The zero-order valence-electron chi connectivity index (χ0n) is 18.0. The van der Waals surface area contributed by atoms with Gasteiger partial charge in [-0.3, -0.25) is 9.13 Å². The molecule has 0 radical (unpaired) electrons. The molecule has 166 valence electrons. The maximum Gasteiger partial charge on any atom is 0.331 e. The number of nitrogens with zero attached hydrogens (tertiary/aromatic N) is 4. The highest BCUT2D eigenvalue weighted by atomic mass is 35.5. The Morgan fingerprint density at radius 2 is 1.87 bits per heavy atom. The van der Waals surface area contributed by atoms with Gasteiger partial charge in [0.1, 0.15) is 17.3 Å². The third-order valence-corrected chi connectivity index (χ3v) is 6.20. The van der Waals surface area contributed by atoms with Crippen molar-refractivity contribution in [3.05, 3.63) is 52.2 Å². The van der Waals surface area contributed by atoms with Gasteiger partial charge in [0.15, 0.2) is 5.82 Å². The van der Waals surface area contributed by atoms with Gasteiger partial charge < -0.3 is 10.4 Å². The molecule has 5 rings (SSSR count). The van der Waals surface area contributed by atoms with Gasteiger partial charge in [-0.1, -0.05) is 43.2 Å². The molecule has 0 bridgehead atoms. The normalized spacial score (nSPS) is 18.7. The van der Waals surface area contributed by atoms with E-state index in [2.05, 4.69) is 17.4 Å². The molecule has 0 unspecified atom stereocenters. The molecule has 0 aromatic heterocycles. The van der Waals surface area contributed by atoms with Gasteiger partial charge in [0, 0.05) is 18.5 Å². The van der Waals surface area contributed by atoms with Crippen molar-refractivity contribution < 1.29 is 5.11 Å². The molecule has 1 aromatic carbocycles. The van der Waals surface area contributed by atoms with Gasteiger partial charge in [0.05, 0.1) is 12.1 Å². The molecular formula is C23H30ClN5O2. The summed E-state index contributed by atoms with van der Waals surface area (Å²) < 4.78 is 3.38. The molecular weight excluding hydrogens is 414 g/mol. The molecule has 0 amide bonds. The summed E-state index contributed by atoms with van der Waals surface area (Å²) in [4.78, 5) is 23.1. The monoisotopic (exact) mass is 443 g/mol. The molecule has 1 saturated carbocycles. The van der Waals surface area contributed by atoms with Crippen LogP contribution in [0.15, 0.2) is 35.1 Å². The third kappa shape index (κ3) is 4.21. The lowest BCUT2D eigenvalue weighted by molar-refractivity contribution is 0.0599. The largest absolute Gasteiger partial charge is 0.389 e. The van der Waals surface area contributed by atoms with Crippen LogP contribution in [0.4, 0.5) is 5.82 Å². The minimum atomic E-state index is -1.02. The molecule has 3 heterocycles. The fourth-order valence-electron chi connectivity index (χ4n) is 4.84. The van der Waals surface area contributed by atoms with E-state index in [0.717, 1.165) is 36.6 Å². The van der Waals surface area contributed by atoms with Crippen LogP contribution >= 0.6 is 12.4 Å². The lowest BCUT2D eigenvalue weighted by atomic mass is 10.1. The molecule has 2 N–H and O–H groups in total. The van der Waals surface area contributed by atoms with E-state index in [4.69, 9.17) is 9.97 Å². The van der Waals surface area contributed by atoms with Crippen molar-refractivity contribution in [1.82, 2.24) is 19.1 Å². The average Bonchev–Trinajstić information content (AvgIpc) is 3.43. The van der Waals surface area contributed by atoms with Crippen molar-refractivity contribution in [2.75, 3.05) is 5.32 Å². The van der Waals surface area contributed by atoms with E-state index in [1.54, 1.807) is 23.0 Å². The topological polar surface area (TPSA) is 85.0 Å². The van der Waals surface area contributed by atoms with E-state index in [1.165, 1.54) is 18.4 Å². The number of benzene rings is 1. The third-order valence-electron chi connectivity index (χ3n) is 6.20. The molecule has 1 aliphatic carbocycles. The number of aromatic nitrogens is 4. The molecule has 8 heteroatoms. The summed E-state index contributed by atoms with van der Waals surface area (Å²) >= 11 is 0. The first kappa shape index (κ1) is 21.8. The lowest BCUT2D eigenvalue weighted by Gasteiger charge is -2.21. The van der Waals surface area contributed by atoms with Crippen LogP contribution in [0.5, 0.6) is 0 Å². The average molecular weight is 444 g/mol. The Balaban J connectivity index is 0.00000231. The van der Waals surface area contributed by atoms with Gasteiger partial charge >= 0.3 is 5.69 Å². The Hall–Kier alpha value is -2.38. The SMILES string of the molecule is CC(C)(O)Cn1c2nc(C3CCCC3)nc-2c2n(c1=O)C[C@@H](Cc1ccccc1)N2.Cl. The predicted molar refractivity (Wildman–Crippen MR) is 123 cm³/mol. The number of imidazole rings is 1. The van der Waals surface area contributed by atoms with Crippen LogP contribution < -0.4 is 11.0 Å². The highest BCUT2D eigenvalue weighted by Gasteiger charge is 2.34. The Labute approximate surface area is 188 Å². The first-order valence-electron chi connectivity index (χ1n) is 10.9. The fourth-order valence-corrected chi connectivity index (χ4v) is 4.84. The summed E-state index contributed by atoms with van der Waals surface area (Å²) in [5, 5.41) is 14.0. The van der Waals surface area contributed by atoms with Crippen LogP contribution in [0, 0.1) is 0 Å². The molecule has 31 heavy (non-hydrogen) atoms. The second-order valence-electron chi connectivity index (χ2n) is 9.41. The summed E-state index contributed by atoms with van der Waals surface area (Å²) in [5.41, 5.74) is 0.821. The minimum absolute atomic E-state index is 0. The smallest absolute Gasteiger partial charge is 0.331 e. The zero-order valence-corrected chi connectivity index (χ0v) is 18.9.